The Hall–Kier alpha value is -1.98. The number of sulfonamides is 1. The van der Waals surface area contributed by atoms with E-state index >= 15 is 0 Å². The van der Waals surface area contributed by atoms with Crippen LogP contribution in [0.2, 0.25) is 0 Å². The number of ether oxygens (including phenoxy) is 1. The first-order chi connectivity index (χ1) is 13.0. The normalized spacial score (nSPS) is 24.3. The molecular formula is C17H22N2O7S2. The molecule has 0 spiro atoms. The number of carbonyl (C=O) groups excluding carboxylic acids is 2. The average molecular weight is 431 g/mol. The lowest BCUT2D eigenvalue weighted by atomic mass is 9.96. The van der Waals surface area contributed by atoms with Gasteiger partial charge in [0.1, 0.15) is 6.04 Å². The van der Waals surface area contributed by atoms with Crippen LogP contribution in [0.25, 0.3) is 0 Å². The molecule has 0 unspecified atom stereocenters. The molecule has 0 aliphatic carbocycles. The molecule has 154 valence electrons. The fraction of sp³-hybridized carbons (Fsp3) is 0.529. The van der Waals surface area contributed by atoms with Crippen molar-refractivity contribution in [3.63, 3.8) is 0 Å². The van der Waals surface area contributed by atoms with E-state index in [9.17, 15) is 26.4 Å². The van der Waals surface area contributed by atoms with Crippen LogP contribution in [0.1, 0.15) is 17.5 Å². The first-order valence-corrected chi connectivity index (χ1v) is 12.4. The number of fused-ring (bicyclic) bond motifs is 1. The minimum atomic E-state index is -3.67. The maximum Gasteiger partial charge on any atom is 0.325 e. The largest absolute Gasteiger partial charge is 0.454 e. The van der Waals surface area contributed by atoms with E-state index in [1.54, 1.807) is 18.2 Å². The summed E-state index contributed by atoms with van der Waals surface area (Å²) in [4.78, 5) is 24.5. The number of sulfone groups is 1. The number of nitrogens with zero attached hydrogens (tertiary/aromatic N) is 1. The molecule has 1 aromatic carbocycles. The lowest BCUT2D eigenvalue weighted by Crippen LogP contribution is -2.49. The maximum atomic E-state index is 12.5. The van der Waals surface area contributed by atoms with E-state index in [0.717, 1.165) is 21.7 Å². The van der Waals surface area contributed by atoms with Crippen molar-refractivity contribution in [2.24, 2.45) is 0 Å². The summed E-state index contributed by atoms with van der Waals surface area (Å²) in [5.41, 5.74) is 1.67. The minimum Gasteiger partial charge on any atom is -0.454 e. The zero-order valence-corrected chi connectivity index (χ0v) is 17.0. The Balaban J connectivity index is 1.63. The summed E-state index contributed by atoms with van der Waals surface area (Å²) in [6, 6.07) is 5.68. The molecule has 1 fully saturated rings. The number of esters is 1. The van der Waals surface area contributed by atoms with E-state index < -0.39 is 50.4 Å². The first kappa shape index (κ1) is 20.7. The fourth-order valence-electron chi connectivity index (χ4n) is 3.46. The van der Waals surface area contributed by atoms with Gasteiger partial charge in [0.25, 0.3) is 5.91 Å². The molecule has 1 N–H and O–H groups in total. The molecule has 2 aliphatic rings. The highest BCUT2D eigenvalue weighted by atomic mass is 32.2. The maximum absolute atomic E-state index is 12.5. The summed E-state index contributed by atoms with van der Waals surface area (Å²) in [5, 5.41) is 2.52. The Bertz CT molecular complexity index is 989. The van der Waals surface area contributed by atoms with Crippen molar-refractivity contribution in [3.8, 4) is 0 Å². The van der Waals surface area contributed by atoms with Crippen molar-refractivity contribution in [1.29, 1.82) is 0 Å². The number of benzene rings is 1. The van der Waals surface area contributed by atoms with Gasteiger partial charge in [-0.1, -0.05) is 24.3 Å². The third-order valence-corrected chi connectivity index (χ3v) is 7.85. The Morgan fingerprint density at radius 2 is 1.93 bits per heavy atom. The molecule has 3 rings (SSSR count). The van der Waals surface area contributed by atoms with Crippen LogP contribution >= 0.6 is 0 Å². The van der Waals surface area contributed by atoms with Gasteiger partial charge in [-0.3, -0.25) is 9.59 Å². The molecule has 1 aromatic rings. The van der Waals surface area contributed by atoms with Crippen LogP contribution in [0.3, 0.4) is 0 Å². The third-order valence-electron chi connectivity index (χ3n) is 4.85. The van der Waals surface area contributed by atoms with Gasteiger partial charge in [0.05, 0.1) is 17.8 Å². The van der Waals surface area contributed by atoms with E-state index in [1.807, 2.05) is 6.07 Å². The van der Waals surface area contributed by atoms with Crippen molar-refractivity contribution in [2.75, 3.05) is 24.4 Å². The van der Waals surface area contributed by atoms with Crippen LogP contribution in [0, 0.1) is 0 Å². The number of nitrogens with one attached hydrogen (secondary N) is 1. The minimum absolute atomic E-state index is 0.0164. The quantitative estimate of drug-likeness (QED) is 0.607. The number of rotatable bonds is 5. The molecule has 1 saturated heterocycles. The van der Waals surface area contributed by atoms with Gasteiger partial charge < -0.3 is 10.1 Å². The second-order valence-electron chi connectivity index (χ2n) is 7.07. The Labute approximate surface area is 164 Å². The van der Waals surface area contributed by atoms with E-state index in [4.69, 9.17) is 4.74 Å². The van der Waals surface area contributed by atoms with Gasteiger partial charge in [0.15, 0.2) is 16.4 Å². The number of carbonyl (C=O) groups is 2. The highest BCUT2D eigenvalue weighted by molar-refractivity contribution is 7.91. The van der Waals surface area contributed by atoms with E-state index in [2.05, 4.69) is 5.32 Å². The highest BCUT2D eigenvalue weighted by Crippen LogP contribution is 2.26. The topological polar surface area (TPSA) is 127 Å². The first-order valence-electron chi connectivity index (χ1n) is 8.75. The van der Waals surface area contributed by atoms with Gasteiger partial charge in [0.2, 0.25) is 10.0 Å². The summed E-state index contributed by atoms with van der Waals surface area (Å²) in [6.45, 7) is -0.536. The Kier molecular flexibility index (Phi) is 5.78. The van der Waals surface area contributed by atoms with Gasteiger partial charge in [-0.25, -0.2) is 16.8 Å². The second-order valence-corrected chi connectivity index (χ2v) is 11.2. The zero-order chi connectivity index (χ0) is 20.5. The molecule has 1 amide bonds. The molecule has 0 aromatic heterocycles. The van der Waals surface area contributed by atoms with Gasteiger partial charge in [0, 0.05) is 19.0 Å². The fourth-order valence-corrected chi connectivity index (χ4v) is 6.13. The van der Waals surface area contributed by atoms with Crippen LogP contribution in [0.4, 0.5) is 0 Å². The molecule has 2 atom stereocenters. The molecule has 9 nitrogen and oxygen atoms in total. The van der Waals surface area contributed by atoms with Crippen molar-refractivity contribution >= 4 is 31.7 Å². The third kappa shape index (κ3) is 4.89. The molecule has 0 saturated carbocycles. The monoisotopic (exact) mass is 430 g/mol. The van der Waals surface area contributed by atoms with Crippen molar-refractivity contribution < 1.29 is 31.2 Å². The van der Waals surface area contributed by atoms with Crippen LogP contribution in [-0.2, 0) is 47.2 Å². The van der Waals surface area contributed by atoms with Gasteiger partial charge in [-0.05, 0) is 17.5 Å². The Morgan fingerprint density at radius 3 is 2.54 bits per heavy atom. The van der Waals surface area contributed by atoms with Crippen molar-refractivity contribution in [3.05, 3.63) is 35.4 Å². The van der Waals surface area contributed by atoms with Crippen LogP contribution in [0.5, 0.6) is 0 Å². The van der Waals surface area contributed by atoms with E-state index in [-0.39, 0.29) is 24.5 Å². The van der Waals surface area contributed by atoms with E-state index in [0.29, 0.717) is 6.42 Å². The predicted molar refractivity (Wildman–Crippen MR) is 100 cm³/mol. The standard InChI is InChI=1S/C17H22N2O7S2/c1-27(22,23)19-9-13-5-3-2-4-12(13)8-15(19)17(21)26-10-16(20)18-14-6-7-28(24,25)11-14/h2-5,14-15H,6-11H2,1H3,(H,18,20)/t14-,15-/m0/s1. The molecule has 0 radical (unpaired) electrons. The second kappa shape index (κ2) is 7.80. The zero-order valence-electron chi connectivity index (χ0n) is 15.3. The molecule has 2 heterocycles. The molecule has 0 bridgehead atoms. The summed E-state index contributed by atoms with van der Waals surface area (Å²) >= 11 is 0. The van der Waals surface area contributed by atoms with Gasteiger partial charge >= 0.3 is 5.97 Å². The van der Waals surface area contributed by atoms with Crippen molar-refractivity contribution in [1.82, 2.24) is 9.62 Å². The molecule has 11 heteroatoms. The lowest BCUT2D eigenvalue weighted by molar-refractivity contribution is -0.152. The average Bonchev–Trinajstić information content (AvgIpc) is 2.96. The molecule has 28 heavy (non-hydrogen) atoms. The van der Waals surface area contributed by atoms with Crippen molar-refractivity contribution in [2.45, 2.75) is 31.5 Å². The summed E-state index contributed by atoms with van der Waals surface area (Å²) in [7, 11) is -6.81. The number of hydrogen-bond acceptors (Lipinski definition) is 7. The Morgan fingerprint density at radius 1 is 1.25 bits per heavy atom. The van der Waals surface area contributed by atoms with Crippen LogP contribution in [-0.4, -0.2) is 69.5 Å². The smallest absolute Gasteiger partial charge is 0.325 e. The van der Waals surface area contributed by atoms with Gasteiger partial charge in [-0.2, -0.15) is 4.31 Å². The lowest BCUT2D eigenvalue weighted by Gasteiger charge is -2.33. The van der Waals surface area contributed by atoms with Crippen LogP contribution in [0.15, 0.2) is 24.3 Å². The predicted octanol–water partition coefficient (Wildman–Crippen LogP) is -0.781. The van der Waals surface area contributed by atoms with Gasteiger partial charge in [-0.15, -0.1) is 0 Å². The number of hydrogen-bond donors (Lipinski definition) is 1. The molecular weight excluding hydrogens is 408 g/mol. The number of amides is 1. The molecule has 2 aliphatic heterocycles. The SMILES string of the molecule is CS(=O)(=O)N1Cc2ccccc2C[C@H]1C(=O)OCC(=O)N[C@H]1CCS(=O)(=O)C1. The summed E-state index contributed by atoms with van der Waals surface area (Å²) in [5.74, 6) is -1.54. The van der Waals surface area contributed by atoms with E-state index in [1.165, 1.54) is 0 Å². The van der Waals surface area contributed by atoms with Crippen LogP contribution < -0.4 is 5.32 Å². The summed E-state index contributed by atoms with van der Waals surface area (Å²) < 4.78 is 53.2. The summed E-state index contributed by atoms with van der Waals surface area (Å²) in [6.07, 6.45) is 1.50. The highest BCUT2D eigenvalue weighted by Gasteiger charge is 2.38.